The fraction of sp³-hybridized carbons (Fsp3) is 0.500. The molecule has 0 aromatic heterocycles. The highest BCUT2D eigenvalue weighted by Gasteiger charge is 2.34. The smallest absolute Gasteiger partial charge is 0.308 e. The van der Waals surface area contributed by atoms with Gasteiger partial charge >= 0.3 is 5.97 Å². The second-order valence-corrected chi connectivity index (χ2v) is 7.28. The van der Waals surface area contributed by atoms with Crippen LogP contribution < -0.4 is 10.1 Å². The zero-order valence-electron chi connectivity index (χ0n) is 17.3. The largest absolute Gasteiger partial charge is 0.494 e. The van der Waals surface area contributed by atoms with E-state index in [-0.39, 0.29) is 18.2 Å². The summed E-state index contributed by atoms with van der Waals surface area (Å²) in [6.07, 6.45) is 3.72. The van der Waals surface area contributed by atoms with Gasteiger partial charge in [0.2, 0.25) is 11.8 Å². The van der Waals surface area contributed by atoms with E-state index in [0.717, 1.165) is 17.7 Å². The summed E-state index contributed by atoms with van der Waals surface area (Å²) < 4.78 is 10.6. The molecule has 2 amide bonds. The van der Waals surface area contributed by atoms with Crippen molar-refractivity contribution >= 4 is 23.9 Å². The van der Waals surface area contributed by atoms with Gasteiger partial charge in [0.25, 0.3) is 0 Å². The molecule has 0 bridgehead atoms. The molecule has 158 valence electrons. The maximum Gasteiger partial charge on any atom is 0.308 e. The first-order valence-corrected chi connectivity index (χ1v) is 10.1. The van der Waals surface area contributed by atoms with Gasteiger partial charge < -0.3 is 19.7 Å². The fourth-order valence-electron chi connectivity index (χ4n) is 2.91. The third kappa shape index (κ3) is 7.25. The molecule has 1 aliphatic rings. The zero-order chi connectivity index (χ0) is 21.2. The third-order valence-corrected chi connectivity index (χ3v) is 4.54. The molecule has 7 heteroatoms. The molecule has 1 aliphatic heterocycles. The van der Waals surface area contributed by atoms with Gasteiger partial charge in [-0.2, -0.15) is 0 Å². The van der Waals surface area contributed by atoms with Gasteiger partial charge in [0.05, 0.1) is 19.6 Å². The van der Waals surface area contributed by atoms with Gasteiger partial charge in [0.15, 0.2) is 0 Å². The van der Waals surface area contributed by atoms with Crippen molar-refractivity contribution in [2.75, 3.05) is 26.3 Å². The number of nitrogens with zero attached hydrogens (tertiary/aromatic N) is 1. The lowest BCUT2D eigenvalue weighted by atomic mass is 10.1. The van der Waals surface area contributed by atoms with Gasteiger partial charge in [-0.1, -0.05) is 26.0 Å². The van der Waals surface area contributed by atoms with Gasteiger partial charge in [0, 0.05) is 19.2 Å². The van der Waals surface area contributed by atoms with Crippen LogP contribution in [0.15, 0.2) is 30.3 Å². The molecule has 0 saturated carbocycles. The van der Waals surface area contributed by atoms with Crippen LogP contribution in [-0.2, 0) is 19.1 Å². The van der Waals surface area contributed by atoms with E-state index in [1.165, 1.54) is 11.0 Å². The molecule has 0 aliphatic carbocycles. The molecule has 1 fully saturated rings. The molecular weight excluding hydrogens is 372 g/mol. The maximum absolute atomic E-state index is 12.7. The molecule has 1 aromatic rings. The molecular formula is C22H30N2O5. The molecule has 1 N–H and O–H groups in total. The number of benzene rings is 1. The molecule has 1 heterocycles. The van der Waals surface area contributed by atoms with E-state index >= 15 is 0 Å². The topological polar surface area (TPSA) is 84.9 Å². The van der Waals surface area contributed by atoms with Gasteiger partial charge in [-0.3, -0.25) is 14.4 Å². The van der Waals surface area contributed by atoms with E-state index in [0.29, 0.717) is 32.2 Å². The first kappa shape index (κ1) is 22.5. The summed E-state index contributed by atoms with van der Waals surface area (Å²) in [4.78, 5) is 38.4. The van der Waals surface area contributed by atoms with E-state index in [1.54, 1.807) is 6.08 Å². The van der Waals surface area contributed by atoms with Crippen molar-refractivity contribution in [1.29, 1.82) is 0 Å². The number of rotatable bonds is 9. The Morgan fingerprint density at radius 3 is 2.66 bits per heavy atom. The van der Waals surface area contributed by atoms with Crippen LogP contribution >= 0.6 is 0 Å². The predicted octanol–water partition coefficient (Wildman–Crippen LogP) is 2.40. The standard InChI is InChI=1S/C22H30N2O5/c1-4-28-18-8-5-17(6-9-18)7-10-20(25)24-13-12-23-22(27)19(24)15-21(26)29-14-11-16(2)3/h5-10,16,19H,4,11-15H2,1-3H3,(H,23,27)/b10-7+. The van der Waals surface area contributed by atoms with Crippen LogP contribution in [0.3, 0.4) is 0 Å². The number of hydrogen-bond acceptors (Lipinski definition) is 5. The monoisotopic (exact) mass is 402 g/mol. The third-order valence-electron chi connectivity index (χ3n) is 4.54. The average molecular weight is 402 g/mol. The van der Waals surface area contributed by atoms with Gasteiger partial charge in [0.1, 0.15) is 11.8 Å². The molecule has 0 radical (unpaired) electrons. The molecule has 2 rings (SSSR count). The van der Waals surface area contributed by atoms with Crippen LogP contribution in [0.5, 0.6) is 5.75 Å². The molecule has 7 nitrogen and oxygen atoms in total. The van der Waals surface area contributed by atoms with E-state index in [2.05, 4.69) is 5.32 Å². The van der Waals surface area contributed by atoms with E-state index in [4.69, 9.17) is 9.47 Å². The first-order chi connectivity index (χ1) is 13.9. The Kier molecular flexibility index (Phi) is 8.70. The van der Waals surface area contributed by atoms with Crippen LogP contribution in [0.25, 0.3) is 6.08 Å². The van der Waals surface area contributed by atoms with Crippen LogP contribution in [0.4, 0.5) is 0 Å². The van der Waals surface area contributed by atoms with Crippen molar-refractivity contribution in [3.63, 3.8) is 0 Å². The number of piperazine rings is 1. The lowest BCUT2D eigenvalue weighted by Crippen LogP contribution is -2.57. The minimum Gasteiger partial charge on any atom is -0.494 e. The Balaban J connectivity index is 1.98. The Labute approximate surface area is 172 Å². The number of nitrogens with one attached hydrogen (secondary N) is 1. The lowest BCUT2D eigenvalue weighted by molar-refractivity contribution is -0.150. The summed E-state index contributed by atoms with van der Waals surface area (Å²) in [6.45, 7) is 7.61. The van der Waals surface area contributed by atoms with Crippen LogP contribution in [0.2, 0.25) is 0 Å². The average Bonchev–Trinajstić information content (AvgIpc) is 2.68. The first-order valence-electron chi connectivity index (χ1n) is 10.1. The maximum atomic E-state index is 12.7. The second kappa shape index (κ2) is 11.2. The summed E-state index contributed by atoms with van der Waals surface area (Å²) in [5.74, 6) is 0.0703. The quantitative estimate of drug-likeness (QED) is 0.506. The Morgan fingerprint density at radius 2 is 2.00 bits per heavy atom. The minimum atomic E-state index is -0.854. The van der Waals surface area contributed by atoms with Gasteiger partial charge in [-0.25, -0.2) is 0 Å². The lowest BCUT2D eigenvalue weighted by Gasteiger charge is -2.33. The Hall–Kier alpha value is -2.83. The molecule has 29 heavy (non-hydrogen) atoms. The highest BCUT2D eigenvalue weighted by Crippen LogP contribution is 2.15. The number of carbonyl (C=O) groups is 3. The number of amides is 2. The molecule has 1 aromatic carbocycles. The van der Waals surface area contributed by atoms with Gasteiger partial charge in [-0.15, -0.1) is 0 Å². The Morgan fingerprint density at radius 1 is 1.28 bits per heavy atom. The summed E-state index contributed by atoms with van der Waals surface area (Å²) >= 11 is 0. The normalized spacial score (nSPS) is 16.8. The van der Waals surface area contributed by atoms with Crippen molar-refractivity contribution < 1.29 is 23.9 Å². The van der Waals surface area contributed by atoms with Gasteiger partial charge in [-0.05, 0) is 43.0 Å². The van der Waals surface area contributed by atoms with E-state index in [1.807, 2.05) is 45.0 Å². The number of ether oxygens (including phenoxy) is 2. The van der Waals surface area contributed by atoms with Crippen molar-refractivity contribution in [3.8, 4) is 5.75 Å². The zero-order valence-corrected chi connectivity index (χ0v) is 17.3. The molecule has 1 unspecified atom stereocenters. The molecule has 0 spiro atoms. The SMILES string of the molecule is CCOc1ccc(/C=C/C(=O)N2CCNC(=O)C2CC(=O)OCCC(C)C)cc1. The fourth-order valence-corrected chi connectivity index (χ4v) is 2.91. The van der Waals surface area contributed by atoms with E-state index < -0.39 is 12.0 Å². The Bertz CT molecular complexity index is 727. The summed E-state index contributed by atoms with van der Waals surface area (Å²) in [6, 6.07) is 6.51. The second-order valence-electron chi connectivity index (χ2n) is 7.28. The number of hydrogen-bond donors (Lipinski definition) is 1. The van der Waals surface area contributed by atoms with Crippen LogP contribution in [-0.4, -0.2) is 55.0 Å². The van der Waals surface area contributed by atoms with Crippen molar-refractivity contribution in [1.82, 2.24) is 10.2 Å². The molecule has 1 saturated heterocycles. The van der Waals surface area contributed by atoms with Crippen LogP contribution in [0, 0.1) is 5.92 Å². The summed E-state index contributed by atoms with van der Waals surface area (Å²) in [5, 5.41) is 2.71. The summed E-state index contributed by atoms with van der Waals surface area (Å²) in [5.41, 5.74) is 0.841. The van der Waals surface area contributed by atoms with Crippen molar-refractivity contribution in [2.45, 2.75) is 39.7 Å². The van der Waals surface area contributed by atoms with Crippen LogP contribution in [0.1, 0.15) is 39.2 Å². The summed E-state index contributed by atoms with van der Waals surface area (Å²) in [7, 11) is 0. The highest BCUT2D eigenvalue weighted by atomic mass is 16.5. The highest BCUT2D eigenvalue weighted by molar-refractivity contribution is 5.97. The predicted molar refractivity (Wildman–Crippen MR) is 110 cm³/mol. The van der Waals surface area contributed by atoms with Crippen molar-refractivity contribution in [3.05, 3.63) is 35.9 Å². The van der Waals surface area contributed by atoms with Crippen molar-refractivity contribution in [2.24, 2.45) is 5.92 Å². The van der Waals surface area contributed by atoms with E-state index in [9.17, 15) is 14.4 Å². The number of esters is 1. The number of carbonyl (C=O) groups excluding carboxylic acids is 3. The molecule has 1 atom stereocenters. The minimum absolute atomic E-state index is 0.146.